The number of aliphatic hydroxyl groups is 1. The van der Waals surface area contributed by atoms with E-state index in [-0.39, 0.29) is 6.61 Å². The molecule has 0 heterocycles. The molecule has 1 aliphatic carbocycles. The molecule has 0 unspecified atom stereocenters. The summed E-state index contributed by atoms with van der Waals surface area (Å²) in [6, 6.07) is 7.41. The molecule has 1 aromatic rings. The summed E-state index contributed by atoms with van der Waals surface area (Å²) < 4.78 is 0. The molecule has 0 amide bonds. The van der Waals surface area contributed by atoms with Gasteiger partial charge in [0.25, 0.3) is 0 Å². The van der Waals surface area contributed by atoms with E-state index in [1.165, 1.54) is 36.1 Å². The Labute approximate surface area is 116 Å². The van der Waals surface area contributed by atoms with Gasteiger partial charge in [0, 0.05) is 31.4 Å². The van der Waals surface area contributed by atoms with Crippen molar-refractivity contribution >= 4 is 5.69 Å². The molecule has 0 bridgehead atoms. The van der Waals surface area contributed by atoms with E-state index in [9.17, 15) is 0 Å². The van der Waals surface area contributed by atoms with Gasteiger partial charge in [-0.3, -0.25) is 0 Å². The number of benzene rings is 1. The number of nitrogens with zero attached hydrogens (tertiary/aromatic N) is 1. The van der Waals surface area contributed by atoms with E-state index in [4.69, 9.17) is 5.11 Å². The zero-order valence-corrected chi connectivity index (χ0v) is 12.2. The van der Waals surface area contributed by atoms with Crippen LogP contribution in [0.2, 0.25) is 0 Å². The Morgan fingerprint density at radius 1 is 1.37 bits per heavy atom. The number of rotatable bonds is 7. The number of hydrogen-bond donors (Lipinski definition) is 2. The fraction of sp³-hybridized carbons (Fsp3) is 0.625. The van der Waals surface area contributed by atoms with Crippen LogP contribution < -0.4 is 10.2 Å². The third-order valence-corrected chi connectivity index (χ3v) is 4.02. The van der Waals surface area contributed by atoms with Gasteiger partial charge in [0.15, 0.2) is 0 Å². The minimum absolute atomic E-state index is 0.278. The number of nitrogens with one attached hydrogen (secondary N) is 1. The summed E-state index contributed by atoms with van der Waals surface area (Å²) >= 11 is 0. The molecule has 106 valence electrons. The maximum atomic E-state index is 9.08. The standard InChI is InChI=1S/C16H26N2O/c1-13-11-14(12-17-2)7-8-16(13)18(9-4-10-19)15-5-3-6-15/h7-8,11,15,17,19H,3-6,9-10,12H2,1-2H3. The van der Waals surface area contributed by atoms with E-state index in [2.05, 4.69) is 35.3 Å². The lowest BCUT2D eigenvalue weighted by Gasteiger charge is -2.40. The Morgan fingerprint density at radius 2 is 2.16 bits per heavy atom. The number of aryl methyl sites for hydroxylation is 1. The lowest BCUT2D eigenvalue weighted by molar-refractivity contribution is 0.283. The van der Waals surface area contributed by atoms with Gasteiger partial charge in [-0.15, -0.1) is 0 Å². The van der Waals surface area contributed by atoms with Crippen LogP contribution in [0.4, 0.5) is 5.69 Å². The molecule has 3 heteroatoms. The molecule has 1 aromatic carbocycles. The molecule has 2 N–H and O–H groups in total. The first-order valence-corrected chi connectivity index (χ1v) is 7.38. The molecule has 1 fully saturated rings. The second-order valence-electron chi connectivity index (χ2n) is 5.51. The molecule has 1 saturated carbocycles. The maximum Gasteiger partial charge on any atom is 0.0447 e. The predicted molar refractivity (Wildman–Crippen MR) is 80.6 cm³/mol. The minimum atomic E-state index is 0.278. The van der Waals surface area contributed by atoms with Crippen LogP contribution in [0.1, 0.15) is 36.8 Å². The predicted octanol–water partition coefficient (Wildman–Crippen LogP) is 2.46. The number of aliphatic hydroxyl groups excluding tert-OH is 1. The molecule has 2 rings (SSSR count). The molecule has 0 aliphatic heterocycles. The van der Waals surface area contributed by atoms with Crippen molar-refractivity contribution < 1.29 is 5.11 Å². The lowest BCUT2D eigenvalue weighted by Crippen LogP contribution is -2.41. The quantitative estimate of drug-likeness (QED) is 0.792. The van der Waals surface area contributed by atoms with E-state index in [0.717, 1.165) is 19.5 Å². The third kappa shape index (κ3) is 3.48. The van der Waals surface area contributed by atoms with Gasteiger partial charge in [-0.2, -0.15) is 0 Å². The van der Waals surface area contributed by atoms with Crippen molar-refractivity contribution in [2.45, 2.75) is 45.2 Å². The fourth-order valence-corrected chi connectivity index (χ4v) is 2.79. The summed E-state index contributed by atoms with van der Waals surface area (Å²) in [6.45, 7) is 4.35. The van der Waals surface area contributed by atoms with Gasteiger partial charge in [-0.05, 0) is 56.8 Å². The zero-order chi connectivity index (χ0) is 13.7. The van der Waals surface area contributed by atoms with E-state index >= 15 is 0 Å². The Balaban J connectivity index is 2.15. The minimum Gasteiger partial charge on any atom is -0.396 e. The van der Waals surface area contributed by atoms with Crippen molar-refractivity contribution in [2.24, 2.45) is 0 Å². The average molecular weight is 262 g/mol. The highest BCUT2D eigenvalue weighted by Crippen LogP contribution is 2.32. The Morgan fingerprint density at radius 3 is 2.68 bits per heavy atom. The van der Waals surface area contributed by atoms with Crippen molar-refractivity contribution in [3.63, 3.8) is 0 Å². The summed E-state index contributed by atoms with van der Waals surface area (Å²) in [5, 5.41) is 12.3. The largest absolute Gasteiger partial charge is 0.396 e. The summed E-state index contributed by atoms with van der Waals surface area (Å²) in [4.78, 5) is 2.50. The van der Waals surface area contributed by atoms with Crippen molar-refractivity contribution in [3.8, 4) is 0 Å². The van der Waals surface area contributed by atoms with Gasteiger partial charge in [-0.25, -0.2) is 0 Å². The van der Waals surface area contributed by atoms with E-state index < -0.39 is 0 Å². The van der Waals surface area contributed by atoms with Crippen LogP contribution in [0, 0.1) is 6.92 Å². The first kappa shape index (κ1) is 14.4. The normalized spacial score (nSPS) is 15.3. The maximum absolute atomic E-state index is 9.08. The lowest BCUT2D eigenvalue weighted by atomic mass is 9.90. The number of hydrogen-bond acceptors (Lipinski definition) is 3. The molecule has 0 spiro atoms. The van der Waals surface area contributed by atoms with Crippen LogP contribution in [0.3, 0.4) is 0 Å². The van der Waals surface area contributed by atoms with Crippen molar-refractivity contribution in [3.05, 3.63) is 29.3 Å². The van der Waals surface area contributed by atoms with E-state index in [1.807, 2.05) is 7.05 Å². The molecular weight excluding hydrogens is 236 g/mol. The molecule has 0 atom stereocenters. The van der Waals surface area contributed by atoms with Gasteiger partial charge in [-0.1, -0.05) is 12.1 Å². The topological polar surface area (TPSA) is 35.5 Å². The Kier molecular flexibility index (Phi) is 5.23. The van der Waals surface area contributed by atoms with Crippen molar-refractivity contribution in [1.29, 1.82) is 0 Å². The summed E-state index contributed by atoms with van der Waals surface area (Å²) in [5.41, 5.74) is 4.02. The van der Waals surface area contributed by atoms with Crippen LogP contribution in [0.5, 0.6) is 0 Å². The highest BCUT2D eigenvalue weighted by atomic mass is 16.3. The first-order valence-electron chi connectivity index (χ1n) is 7.38. The summed E-state index contributed by atoms with van der Waals surface area (Å²) in [5.74, 6) is 0. The van der Waals surface area contributed by atoms with Gasteiger partial charge in [0.1, 0.15) is 0 Å². The smallest absolute Gasteiger partial charge is 0.0447 e. The summed E-state index contributed by atoms with van der Waals surface area (Å²) in [6.07, 6.45) is 4.79. The van der Waals surface area contributed by atoms with Crippen LogP contribution in [-0.4, -0.2) is 31.3 Å². The monoisotopic (exact) mass is 262 g/mol. The van der Waals surface area contributed by atoms with E-state index in [0.29, 0.717) is 6.04 Å². The average Bonchev–Trinajstić information content (AvgIpc) is 2.33. The molecule has 3 nitrogen and oxygen atoms in total. The van der Waals surface area contributed by atoms with Gasteiger partial charge in [0.05, 0.1) is 0 Å². The second-order valence-corrected chi connectivity index (χ2v) is 5.51. The molecule has 0 aromatic heterocycles. The highest BCUT2D eigenvalue weighted by Gasteiger charge is 2.25. The van der Waals surface area contributed by atoms with Crippen molar-refractivity contribution in [2.75, 3.05) is 25.1 Å². The summed E-state index contributed by atoms with van der Waals surface area (Å²) in [7, 11) is 1.98. The zero-order valence-electron chi connectivity index (χ0n) is 12.2. The van der Waals surface area contributed by atoms with Gasteiger partial charge >= 0.3 is 0 Å². The van der Waals surface area contributed by atoms with Gasteiger partial charge in [0.2, 0.25) is 0 Å². The first-order chi connectivity index (χ1) is 9.26. The molecule has 19 heavy (non-hydrogen) atoms. The van der Waals surface area contributed by atoms with Crippen molar-refractivity contribution in [1.82, 2.24) is 5.32 Å². The Bertz CT molecular complexity index is 402. The number of anilines is 1. The Hall–Kier alpha value is -1.06. The van der Waals surface area contributed by atoms with E-state index in [1.54, 1.807) is 0 Å². The SMILES string of the molecule is CNCc1ccc(N(CCCO)C2CCC2)c(C)c1. The molecule has 0 radical (unpaired) electrons. The van der Waals surface area contributed by atoms with Crippen LogP contribution in [0.25, 0.3) is 0 Å². The molecule has 1 aliphatic rings. The third-order valence-electron chi connectivity index (χ3n) is 4.02. The fourth-order valence-electron chi connectivity index (χ4n) is 2.79. The van der Waals surface area contributed by atoms with Crippen LogP contribution in [0.15, 0.2) is 18.2 Å². The molecule has 0 saturated heterocycles. The molecular formula is C16H26N2O. The van der Waals surface area contributed by atoms with Crippen LogP contribution in [-0.2, 0) is 6.54 Å². The van der Waals surface area contributed by atoms with Gasteiger partial charge < -0.3 is 15.3 Å². The second kappa shape index (κ2) is 6.92. The van der Waals surface area contributed by atoms with Crippen LogP contribution >= 0.6 is 0 Å². The highest BCUT2D eigenvalue weighted by molar-refractivity contribution is 5.55.